The van der Waals surface area contributed by atoms with Gasteiger partial charge in [0.2, 0.25) is 0 Å². The standard InChI is InChI=1S/C48H90O5/c1-3-5-7-9-11-13-15-17-19-21-22-23-24-25-26-27-29-31-33-35-37-39-41-43-48(51)53-46(44-49)45-52-47(50)42-40-38-36-34-32-30-28-20-18-16-14-12-10-8-6-4-2/h27,29,35,37,46,49H,3-26,28,30-34,36,38-45H2,1-2H3/b29-27+,37-35+/t46-/m0/s1. The van der Waals surface area contributed by atoms with E-state index in [1.807, 2.05) is 0 Å². The summed E-state index contributed by atoms with van der Waals surface area (Å²) >= 11 is 0. The predicted molar refractivity (Wildman–Crippen MR) is 228 cm³/mol. The van der Waals surface area contributed by atoms with Crippen LogP contribution in [0.4, 0.5) is 0 Å². The highest BCUT2D eigenvalue weighted by molar-refractivity contribution is 5.70. The van der Waals surface area contributed by atoms with Crippen molar-refractivity contribution in [3.63, 3.8) is 0 Å². The van der Waals surface area contributed by atoms with Gasteiger partial charge in [-0.2, -0.15) is 0 Å². The fourth-order valence-electron chi connectivity index (χ4n) is 6.93. The van der Waals surface area contributed by atoms with Crippen LogP contribution in [0.25, 0.3) is 0 Å². The van der Waals surface area contributed by atoms with Crippen LogP contribution in [-0.4, -0.2) is 36.4 Å². The molecule has 0 aromatic heterocycles. The molecular weight excluding hydrogens is 657 g/mol. The summed E-state index contributed by atoms with van der Waals surface area (Å²) in [4.78, 5) is 24.3. The van der Waals surface area contributed by atoms with Crippen LogP contribution in [0.3, 0.4) is 0 Å². The smallest absolute Gasteiger partial charge is 0.306 e. The lowest BCUT2D eigenvalue weighted by Crippen LogP contribution is -2.28. The first-order valence-electron chi connectivity index (χ1n) is 23.4. The third kappa shape index (κ3) is 43.0. The van der Waals surface area contributed by atoms with Gasteiger partial charge in [0, 0.05) is 12.8 Å². The van der Waals surface area contributed by atoms with Crippen molar-refractivity contribution in [1.29, 1.82) is 0 Å². The third-order valence-corrected chi connectivity index (χ3v) is 10.5. The van der Waals surface area contributed by atoms with Crippen LogP contribution >= 0.6 is 0 Å². The quantitative estimate of drug-likeness (QED) is 0.0382. The molecular formula is C48H90O5. The molecule has 0 bridgehead atoms. The summed E-state index contributed by atoms with van der Waals surface area (Å²) < 4.78 is 10.6. The highest BCUT2D eigenvalue weighted by atomic mass is 16.6. The molecule has 0 spiro atoms. The van der Waals surface area contributed by atoms with Crippen LogP contribution in [0.5, 0.6) is 0 Å². The van der Waals surface area contributed by atoms with Crippen molar-refractivity contribution in [2.24, 2.45) is 0 Å². The number of aliphatic hydroxyl groups excluding tert-OH is 1. The number of allylic oxidation sites excluding steroid dienone is 4. The minimum atomic E-state index is -0.788. The van der Waals surface area contributed by atoms with Crippen LogP contribution in [0.1, 0.15) is 251 Å². The molecule has 0 fully saturated rings. The minimum absolute atomic E-state index is 0.0766. The largest absolute Gasteiger partial charge is 0.462 e. The maximum absolute atomic E-state index is 12.2. The van der Waals surface area contributed by atoms with Gasteiger partial charge >= 0.3 is 11.9 Å². The normalized spacial score (nSPS) is 12.3. The molecule has 1 atom stereocenters. The number of carbonyl (C=O) groups excluding carboxylic acids is 2. The van der Waals surface area contributed by atoms with Crippen molar-refractivity contribution in [1.82, 2.24) is 0 Å². The summed E-state index contributed by atoms with van der Waals surface area (Å²) in [5, 5.41) is 9.58. The molecule has 0 aromatic rings. The van der Waals surface area contributed by atoms with Crippen LogP contribution in [-0.2, 0) is 19.1 Å². The van der Waals surface area contributed by atoms with Gasteiger partial charge in [0.15, 0.2) is 6.10 Å². The average molecular weight is 747 g/mol. The van der Waals surface area contributed by atoms with E-state index in [1.54, 1.807) is 0 Å². The molecule has 0 aliphatic heterocycles. The first-order valence-corrected chi connectivity index (χ1v) is 23.4. The van der Waals surface area contributed by atoms with E-state index in [2.05, 4.69) is 38.2 Å². The van der Waals surface area contributed by atoms with E-state index in [-0.39, 0.29) is 25.2 Å². The average Bonchev–Trinajstić information content (AvgIpc) is 3.16. The summed E-state index contributed by atoms with van der Waals surface area (Å²) in [5.74, 6) is -0.627. The van der Waals surface area contributed by atoms with Gasteiger partial charge in [0.1, 0.15) is 6.61 Å². The maximum Gasteiger partial charge on any atom is 0.306 e. The molecule has 5 heteroatoms. The van der Waals surface area contributed by atoms with Crippen molar-refractivity contribution >= 4 is 11.9 Å². The molecule has 0 rings (SSSR count). The third-order valence-electron chi connectivity index (χ3n) is 10.5. The van der Waals surface area contributed by atoms with Gasteiger partial charge in [-0.25, -0.2) is 0 Å². The van der Waals surface area contributed by atoms with Crippen molar-refractivity contribution in [2.75, 3.05) is 13.2 Å². The van der Waals surface area contributed by atoms with E-state index >= 15 is 0 Å². The Hall–Kier alpha value is -1.62. The minimum Gasteiger partial charge on any atom is -0.462 e. The van der Waals surface area contributed by atoms with E-state index in [0.717, 1.165) is 38.5 Å². The summed E-state index contributed by atoms with van der Waals surface area (Å²) in [5.41, 5.74) is 0. The number of carbonyl (C=O) groups is 2. The lowest BCUT2D eigenvalue weighted by atomic mass is 10.0. The Kier molecular flexibility index (Phi) is 43.4. The molecule has 53 heavy (non-hydrogen) atoms. The van der Waals surface area contributed by atoms with E-state index in [0.29, 0.717) is 19.3 Å². The Bertz CT molecular complexity index is 806. The maximum atomic E-state index is 12.2. The number of rotatable bonds is 43. The molecule has 0 heterocycles. The van der Waals surface area contributed by atoms with E-state index in [9.17, 15) is 14.7 Å². The highest BCUT2D eigenvalue weighted by Crippen LogP contribution is 2.16. The second kappa shape index (κ2) is 44.8. The number of ether oxygens (including phenoxy) is 2. The SMILES string of the molecule is CCCCCCCCCCCCCCCC/C=C/CC/C=C/CCCC(=O)O[C@@H](CO)COC(=O)CCCCCCCCCCCCCCCCCC. The van der Waals surface area contributed by atoms with Gasteiger partial charge in [-0.1, -0.05) is 218 Å². The topological polar surface area (TPSA) is 72.8 Å². The molecule has 0 unspecified atom stereocenters. The molecule has 5 nitrogen and oxygen atoms in total. The fraction of sp³-hybridized carbons (Fsp3) is 0.875. The Morgan fingerprint density at radius 1 is 0.415 bits per heavy atom. The number of hydrogen-bond acceptors (Lipinski definition) is 5. The lowest BCUT2D eigenvalue weighted by molar-refractivity contribution is -0.161. The molecule has 0 saturated carbocycles. The molecule has 0 radical (unpaired) electrons. The molecule has 0 aliphatic carbocycles. The van der Waals surface area contributed by atoms with Crippen LogP contribution in [0.15, 0.2) is 24.3 Å². The predicted octanol–water partition coefficient (Wildman–Crippen LogP) is 15.0. The van der Waals surface area contributed by atoms with Crippen LogP contribution < -0.4 is 0 Å². The second-order valence-electron chi connectivity index (χ2n) is 15.8. The fourth-order valence-corrected chi connectivity index (χ4v) is 6.93. The zero-order valence-corrected chi connectivity index (χ0v) is 35.5. The molecule has 0 amide bonds. The van der Waals surface area contributed by atoms with Gasteiger partial charge in [0.25, 0.3) is 0 Å². The van der Waals surface area contributed by atoms with E-state index < -0.39 is 6.10 Å². The van der Waals surface area contributed by atoms with Crippen LogP contribution in [0.2, 0.25) is 0 Å². The Morgan fingerprint density at radius 2 is 0.736 bits per heavy atom. The zero-order valence-electron chi connectivity index (χ0n) is 35.5. The zero-order chi connectivity index (χ0) is 38.6. The Morgan fingerprint density at radius 3 is 1.13 bits per heavy atom. The van der Waals surface area contributed by atoms with Crippen molar-refractivity contribution in [2.45, 2.75) is 258 Å². The number of aliphatic hydroxyl groups is 1. The van der Waals surface area contributed by atoms with Gasteiger partial charge in [0.05, 0.1) is 6.61 Å². The van der Waals surface area contributed by atoms with Gasteiger partial charge in [-0.15, -0.1) is 0 Å². The summed E-state index contributed by atoms with van der Waals surface area (Å²) in [6.45, 7) is 4.14. The van der Waals surface area contributed by atoms with Crippen molar-refractivity contribution in [3.05, 3.63) is 24.3 Å². The molecule has 0 aromatic carbocycles. The lowest BCUT2D eigenvalue weighted by Gasteiger charge is -2.15. The highest BCUT2D eigenvalue weighted by Gasteiger charge is 2.16. The second-order valence-corrected chi connectivity index (χ2v) is 15.8. The monoisotopic (exact) mass is 747 g/mol. The molecule has 0 aliphatic rings. The summed E-state index contributed by atoms with van der Waals surface area (Å²) in [6.07, 6.45) is 54.1. The molecule has 0 saturated heterocycles. The first-order chi connectivity index (χ1) is 26.1. The van der Waals surface area contributed by atoms with Crippen molar-refractivity contribution < 1.29 is 24.2 Å². The van der Waals surface area contributed by atoms with Crippen LogP contribution in [0, 0.1) is 0 Å². The molecule has 1 N–H and O–H groups in total. The van der Waals surface area contributed by atoms with Crippen molar-refractivity contribution in [3.8, 4) is 0 Å². The number of esters is 2. The summed E-state index contributed by atoms with van der Waals surface area (Å²) in [6, 6.07) is 0. The number of unbranched alkanes of at least 4 members (excludes halogenated alkanes) is 31. The number of hydrogen-bond donors (Lipinski definition) is 1. The van der Waals surface area contributed by atoms with E-state index in [1.165, 1.54) is 180 Å². The molecule has 312 valence electrons. The van der Waals surface area contributed by atoms with E-state index in [4.69, 9.17) is 9.47 Å². The Labute approximate surface area is 330 Å². The Balaban J connectivity index is 3.53. The summed E-state index contributed by atoms with van der Waals surface area (Å²) in [7, 11) is 0. The van der Waals surface area contributed by atoms with Gasteiger partial charge < -0.3 is 14.6 Å². The van der Waals surface area contributed by atoms with Gasteiger partial charge in [-0.3, -0.25) is 9.59 Å². The first kappa shape index (κ1) is 51.4. The van der Waals surface area contributed by atoms with Gasteiger partial charge in [-0.05, 0) is 44.9 Å².